The number of fused-ring (bicyclic) bond motifs is 1. The first-order valence-electron chi connectivity index (χ1n) is 9.22. The molecule has 29 heavy (non-hydrogen) atoms. The van der Waals surface area contributed by atoms with Gasteiger partial charge in [-0.2, -0.15) is 0 Å². The van der Waals surface area contributed by atoms with E-state index < -0.39 is 0 Å². The van der Waals surface area contributed by atoms with Crippen molar-refractivity contribution in [3.63, 3.8) is 0 Å². The first-order valence-corrected chi connectivity index (χ1v) is 9.22. The van der Waals surface area contributed by atoms with Gasteiger partial charge in [0.25, 0.3) is 0 Å². The molecule has 6 nitrogen and oxygen atoms in total. The molecule has 1 aromatic heterocycles. The van der Waals surface area contributed by atoms with Crippen molar-refractivity contribution >= 4 is 28.5 Å². The van der Waals surface area contributed by atoms with Crippen molar-refractivity contribution in [3.05, 3.63) is 71.8 Å². The Morgan fingerprint density at radius 3 is 2.45 bits per heavy atom. The van der Waals surface area contributed by atoms with E-state index in [9.17, 15) is 4.79 Å². The number of carbonyl (C=O) groups is 1. The van der Waals surface area contributed by atoms with E-state index in [0.717, 1.165) is 27.9 Å². The molecule has 6 heteroatoms. The number of carbonyl (C=O) groups excluding carboxylic acids is 1. The number of oxazole rings is 1. The van der Waals surface area contributed by atoms with Gasteiger partial charge in [-0.15, -0.1) is 0 Å². The number of anilines is 2. The van der Waals surface area contributed by atoms with Gasteiger partial charge in [0.15, 0.2) is 5.58 Å². The maximum atomic E-state index is 12.5. The van der Waals surface area contributed by atoms with Crippen LogP contribution >= 0.6 is 0 Å². The molecule has 0 saturated carbocycles. The molecule has 0 unspecified atom stereocenters. The Labute approximate surface area is 168 Å². The largest absolute Gasteiger partial charge is 0.495 e. The third-order valence-electron chi connectivity index (χ3n) is 4.47. The number of amides is 2. The second-order valence-electron chi connectivity index (χ2n) is 6.86. The predicted octanol–water partition coefficient (Wildman–Crippen LogP) is 5.76. The molecule has 0 aliphatic carbocycles. The van der Waals surface area contributed by atoms with E-state index in [2.05, 4.69) is 21.7 Å². The van der Waals surface area contributed by atoms with Gasteiger partial charge in [0.2, 0.25) is 5.89 Å². The van der Waals surface area contributed by atoms with E-state index in [1.165, 1.54) is 0 Å². The minimum atomic E-state index is -0.358. The molecule has 0 spiro atoms. The molecule has 0 saturated heterocycles. The minimum absolute atomic E-state index is 0.358. The van der Waals surface area contributed by atoms with Crippen LogP contribution < -0.4 is 15.4 Å². The van der Waals surface area contributed by atoms with Crippen molar-refractivity contribution < 1.29 is 13.9 Å². The number of aromatic nitrogens is 1. The zero-order valence-corrected chi connectivity index (χ0v) is 16.4. The lowest BCUT2D eigenvalue weighted by Gasteiger charge is -2.13. The number of nitrogens with zero attached hydrogens (tertiary/aromatic N) is 1. The number of hydrogen-bond acceptors (Lipinski definition) is 4. The highest BCUT2D eigenvalue weighted by Crippen LogP contribution is 2.32. The van der Waals surface area contributed by atoms with E-state index in [0.29, 0.717) is 22.9 Å². The fraction of sp³-hybridized carbons (Fsp3) is 0.130. The van der Waals surface area contributed by atoms with Crippen LogP contribution in [0, 0.1) is 13.8 Å². The fourth-order valence-corrected chi connectivity index (χ4v) is 3.27. The molecule has 0 bridgehead atoms. The van der Waals surface area contributed by atoms with Crippen LogP contribution in [-0.2, 0) is 0 Å². The van der Waals surface area contributed by atoms with Crippen LogP contribution in [0.15, 0.2) is 65.1 Å². The summed E-state index contributed by atoms with van der Waals surface area (Å²) in [6.07, 6.45) is 0. The Morgan fingerprint density at radius 2 is 1.72 bits per heavy atom. The van der Waals surface area contributed by atoms with Gasteiger partial charge in [0, 0.05) is 11.3 Å². The molecule has 0 aliphatic heterocycles. The van der Waals surface area contributed by atoms with Gasteiger partial charge in [-0.05, 0) is 67.4 Å². The lowest BCUT2D eigenvalue weighted by molar-refractivity contribution is 0.262. The van der Waals surface area contributed by atoms with Crippen molar-refractivity contribution in [2.24, 2.45) is 0 Å². The lowest BCUT2D eigenvalue weighted by atomic mass is 10.1. The van der Waals surface area contributed by atoms with Crippen LogP contribution in [0.1, 0.15) is 11.1 Å². The van der Waals surface area contributed by atoms with Crippen molar-refractivity contribution in [1.29, 1.82) is 0 Å². The number of aryl methyl sites for hydroxylation is 2. The van der Waals surface area contributed by atoms with Crippen LogP contribution in [0.2, 0.25) is 0 Å². The summed E-state index contributed by atoms with van der Waals surface area (Å²) < 4.78 is 11.2. The molecule has 2 N–H and O–H groups in total. The molecule has 0 aliphatic rings. The number of hydrogen-bond donors (Lipinski definition) is 2. The zero-order chi connectivity index (χ0) is 20.4. The summed E-state index contributed by atoms with van der Waals surface area (Å²) >= 11 is 0. The van der Waals surface area contributed by atoms with Crippen LogP contribution in [0.4, 0.5) is 16.2 Å². The van der Waals surface area contributed by atoms with E-state index >= 15 is 0 Å². The molecule has 146 valence electrons. The number of rotatable bonds is 4. The van der Waals surface area contributed by atoms with Crippen molar-refractivity contribution in [1.82, 2.24) is 4.98 Å². The number of nitrogens with one attached hydrogen (secondary N) is 2. The first-order chi connectivity index (χ1) is 14.0. The highest BCUT2D eigenvalue weighted by molar-refractivity contribution is 6.01. The molecular formula is C23H21N3O3. The van der Waals surface area contributed by atoms with Gasteiger partial charge in [-0.3, -0.25) is 0 Å². The van der Waals surface area contributed by atoms with Crippen molar-refractivity contribution in [2.45, 2.75) is 13.8 Å². The summed E-state index contributed by atoms with van der Waals surface area (Å²) in [5, 5.41) is 5.71. The molecular weight excluding hydrogens is 366 g/mol. The van der Waals surface area contributed by atoms with Crippen LogP contribution in [-0.4, -0.2) is 18.1 Å². The number of methoxy groups -OCH3 is 1. The summed E-state index contributed by atoms with van der Waals surface area (Å²) in [7, 11) is 1.56. The van der Waals surface area contributed by atoms with E-state index in [-0.39, 0.29) is 6.03 Å². The molecule has 2 amide bonds. The normalized spacial score (nSPS) is 10.7. The summed E-state index contributed by atoms with van der Waals surface area (Å²) in [6, 6.07) is 18.5. The van der Waals surface area contributed by atoms with E-state index in [1.807, 2.05) is 56.3 Å². The minimum Gasteiger partial charge on any atom is -0.495 e. The molecule has 0 radical (unpaired) electrons. The Balaban J connectivity index is 1.60. The van der Waals surface area contributed by atoms with Gasteiger partial charge >= 0.3 is 6.03 Å². The van der Waals surface area contributed by atoms with Gasteiger partial charge < -0.3 is 19.8 Å². The maximum absolute atomic E-state index is 12.5. The number of para-hydroxylation sites is 2. The molecule has 0 fully saturated rings. The molecule has 0 atom stereocenters. The van der Waals surface area contributed by atoms with Crippen LogP contribution in [0.5, 0.6) is 5.75 Å². The summed E-state index contributed by atoms with van der Waals surface area (Å²) in [5.41, 5.74) is 5.64. The maximum Gasteiger partial charge on any atom is 0.323 e. The first kappa shape index (κ1) is 18.6. The standard InChI is InChI=1S/C23H21N3O3/c1-14-10-15(2)12-17(11-14)24-23(27)26-19-13-16(8-9-20(19)28-3)22-25-18-6-4-5-7-21(18)29-22/h4-13H,1-3H3,(H2,24,26,27). The zero-order valence-electron chi connectivity index (χ0n) is 16.4. The lowest BCUT2D eigenvalue weighted by Crippen LogP contribution is -2.20. The Kier molecular flexibility index (Phi) is 4.91. The Bertz CT molecular complexity index is 1140. The van der Waals surface area contributed by atoms with E-state index in [4.69, 9.17) is 9.15 Å². The molecule has 3 aromatic carbocycles. The topological polar surface area (TPSA) is 76.4 Å². The fourth-order valence-electron chi connectivity index (χ4n) is 3.27. The third-order valence-corrected chi connectivity index (χ3v) is 4.47. The Morgan fingerprint density at radius 1 is 0.966 bits per heavy atom. The number of urea groups is 1. The highest BCUT2D eigenvalue weighted by atomic mass is 16.5. The second kappa shape index (κ2) is 7.67. The monoisotopic (exact) mass is 387 g/mol. The van der Waals surface area contributed by atoms with Crippen molar-refractivity contribution in [2.75, 3.05) is 17.7 Å². The van der Waals surface area contributed by atoms with Gasteiger partial charge in [0.05, 0.1) is 12.8 Å². The van der Waals surface area contributed by atoms with E-state index in [1.54, 1.807) is 19.2 Å². The quantitative estimate of drug-likeness (QED) is 0.466. The predicted molar refractivity (Wildman–Crippen MR) is 115 cm³/mol. The average Bonchev–Trinajstić information content (AvgIpc) is 3.11. The Hall–Kier alpha value is -3.80. The molecule has 4 rings (SSSR count). The summed E-state index contributed by atoms with van der Waals surface area (Å²) in [6.45, 7) is 3.98. The van der Waals surface area contributed by atoms with Gasteiger partial charge in [0.1, 0.15) is 11.3 Å². The molecule has 4 aromatic rings. The second-order valence-corrected chi connectivity index (χ2v) is 6.86. The van der Waals surface area contributed by atoms with Gasteiger partial charge in [-0.1, -0.05) is 18.2 Å². The van der Waals surface area contributed by atoms with Gasteiger partial charge in [-0.25, -0.2) is 9.78 Å². The van der Waals surface area contributed by atoms with Crippen LogP contribution in [0.25, 0.3) is 22.6 Å². The van der Waals surface area contributed by atoms with Crippen molar-refractivity contribution in [3.8, 4) is 17.2 Å². The smallest absolute Gasteiger partial charge is 0.323 e. The number of ether oxygens (including phenoxy) is 1. The molecule has 1 heterocycles. The third kappa shape index (κ3) is 4.06. The average molecular weight is 387 g/mol. The highest BCUT2D eigenvalue weighted by Gasteiger charge is 2.13. The SMILES string of the molecule is COc1ccc(-c2nc3ccccc3o2)cc1NC(=O)Nc1cc(C)cc(C)c1. The summed E-state index contributed by atoms with van der Waals surface area (Å²) in [4.78, 5) is 17.1. The number of benzene rings is 3. The summed E-state index contributed by atoms with van der Waals surface area (Å²) in [5.74, 6) is 1.02. The van der Waals surface area contributed by atoms with Crippen LogP contribution in [0.3, 0.4) is 0 Å².